The molecule has 0 spiro atoms. The molecule has 6 aliphatic rings. The van der Waals surface area contributed by atoms with Crippen molar-refractivity contribution in [1.82, 2.24) is 0 Å². The van der Waals surface area contributed by atoms with Gasteiger partial charge in [-0.05, 0) is 90.1 Å². The molecule has 3 heteroatoms. The Hall–Kier alpha value is -2.31. The number of halogens is 2. The van der Waals surface area contributed by atoms with Crippen molar-refractivity contribution in [1.29, 1.82) is 0 Å². The summed E-state index contributed by atoms with van der Waals surface area (Å²) < 4.78 is 1.42. The molecule has 0 aromatic heterocycles. The topological polar surface area (TPSA) is 0 Å². The van der Waals surface area contributed by atoms with Gasteiger partial charge in [-0.2, -0.15) is 29.8 Å². The van der Waals surface area contributed by atoms with E-state index >= 15 is 0 Å². The second-order valence-electron chi connectivity index (χ2n) is 18.5. The fourth-order valence-electron chi connectivity index (χ4n) is 9.99. The maximum atomic E-state index is 3.67. The van der Waals surface area contributed by atoms with Crippen LogP contribution in [0.15, 0.2) is 109 Å². The zero-order valence-electron chi connectivity index (χ0n) is 32.8. The number of hydrogen-bond acceptors (Lipinski definition) is 0. The summed E-state index contributed by atoms with van der Waals surface area (Å²) in [5.74, 6) is 3.18. The van der Waals surface area contributed by atoms with Crippen molar-refractivity contribution in [3.05, 3.63) is 155 Å². The van der Waals surface area contributed by atoms with Gasteiger partial charge in [0.2, 0.25) is 0 Å². The van der Waals surface area contributed by atoms with E-state index in [1.165, 1.54) is 91.2 Å². The molecule has 6 aliphatic carbocycles. The maximum absolute atomic E-state index is 3.67. The number of benzene rings is 4. The van der Waals surface area contributed by atoms with Gasteiger partial charge in [0.1, 0.15) is 0 Å². The number of hydrogen-bond donors (Lipinski definition) is 0. The third-order valence-electron chi connectivity index (χ3n) is 12.7. The van der Waals surface area contributed by atoms with Gasteiger partial charge in [0, 0.05) is 0 Å². The average Bonchev–Trinajstić information content (AvgIpc) is 3.72. The fourth-order valence-corrected chi connectivity index (χ4v) is 10.8. The van der Waals surface area contributed by atoms with Gasteiger partial charge in [0.05, 0.1) is 0 Å². The van der Waals surface area contributed by atoms with E-state index < -0.39 is 0 Å². The Labute approximate surface area is 348 Å². The van der Waals surface area contributed by atoms with Gasteiger partial charge in [-0.3, -0.25) is 6.08 Å². The van der Waals surface area contributed by atoms with E-state index in [2.05, 4.69) is 170 Å². The quantitative estimate of drug-likeness (QED) is 0.180. The van der Waals surface area contributed by atoms with Crippen LogP contribution in [0.25, 0.3) is 11.1 Å². The molecule has 0 amide bonds. The summed E-state index contributed by atoms with van der Waals surface area (Å²) in [7, 11) is 0. The second kappa shape index (κ2) is 16.4. The number of fused-ring (bicyclic) bond motifs is 3. The van der Waals surface area contributed by atoms with Gasteiger partial charge in [0.15, 0.2) is 0 Å². The SMILES string of the molecule is CC(C)(C)c1[c-]c2c(cc1)-c1ccc(C(C)(C)C)cc1C2.CC1(C23CC4CC(CC(C4)C2)C3)C=[C-]C=C1.[Cl-].[Cl-].[Zr+2]=[C](c1ccccc1)c1ccccc1. The van der Waals surface area contributed by atoms with E-state index in [1.807, 2.05) is 0 Å². The van der Waals surface area contributed by atoms with Gasteiger partial charge >= 0.3 is 99.2 Å². The predicted molar refractivity (Wildman–Crippen MR) is 213 cm³/mol. The summed E-state index contributed by atoms with van der Waals surface area (Å²) in [6.45, 7) is 16.1. The molecule has 53 heavy (non-hydrogen) atoms. The molecule has 0 radical (unpaired) electrons. The van der Waals surface area contributed by atoms with Crippen LogP contribution >= 0.6 is 0 Å². The van der Waals surface area contributed by atoms with Crippen LogP contribution in [0.1, 0.15) is 120 Å². The first-order valence-electron chi connectivity index (χ1n) is 19.4. The van der Waals surface area contributed by atoms with Gasteiger partial charge in [-0.1, -0.05) is 77.6 Å². The molecule has 0 saturated heterocycles. The molecule has 0 aliphatic heterocycles. The minimum absolute atomic E-state index is 0. The van der Waals surface area contributed by atoms with Crippen LogP contribution < -0.4 is 24.8 Å². The Kier molecular flexibility index (Phi) is 13.0. The molecule has 0 nitrogen and oxygen atoms in total. The molecule has 4 aromatic carbocycles. The van der Waals surface area contributed by atoms with Crippen LogP contribution in [0, 0.1) is 40.7 Å². The van der Waals surface area contributed by atoms with E-state index in [-0.39, 0.29) is 35.6 Å². The van der Waals surface area contributed by atoms with E-state index in [1.54, 1.807) is 19.3 Å². The Morgan fingerprint density at radius 1 is 0.679 bits per heavy atom. The summed E-state index contributed by atoms with van der Waals surface area (Å²) in [5, 5.41) is 0. The molecular weight excluding hydrogens is 763 g/mol. The van der Waals surface area contributed by atoms with Gasteiger partial charge in [-0.15, -0.1) is 11.1 Å². The van der Waals surface area contributed by atoms with Gasteiger partial charge < -0.3 is 24.8 Å². The van der Waals surface area contributed by atoms with Crippen molar-refractivity contribution in [2.75, 3.05) is 0 Å². The van der Waals surface area contributed by atoms with Crippen LogP contribution in [-0.2, 0) is 41.5 Å². The molecule has 4 saturated carbocycles. The van der Waals surface area contributed by atoms with E-state index in [0.717, 1.165) is 24.2 Å². The van der Waals surface area contributed by atoms with Crippen LogP contribution in [-0.4, -0.2) is 3.21 Å². The van der Waals surface area contributed by atoms with Crippen molar-refractivity contribution in [2.24, 2.45) is 28.6 Å². The molecule has 276 valence electrons. The van der Waals surface area contributed by atoms with Crippen molar-refractivity contribution >= 4 is 3.21 Å². The zero-order chi connectivity index (χ0) is 36.0. The molecule has 0 N–H and O–H groups in total. The molecule has 1 atom stereocenters. The summed E-state index contributed by atoms with van der Waals surface area (Å²) in [6.07, 6.45) is 20.4. The van der Waals surface area contributed by atoms with E-state index in [4.69, 9.17) is 0 Å². The monoisotopic (exact) mass is 816 g/mol. The Morgan fingerprint density at radius 3 is 1.68 bits per heavy atom. The summed E-state index contributed by atoms with van der Waals surface area (Å²) in [6, 6.07) is 36.3. The van der Waals surface area contributed by atoms with E-state index in [0.29, 0.717) is 10.8 Å². The standard InChI is InChI=1S/C21H25.C16H21.C13H10.2ClH.Zr/c1-20(2,3)16-7-9-18-14(12-16)11-15-13-17(21(4,5)6)8-10-19(15)18;1-15(4-2-3-5-15)16-9-12-6-13(10-16)8-14(7-12)11-16;1-3-7-12(8-4-1)11-13-9-5-2-6-10-13;;;/h7-10,12H,11H2,1-6H3;2,4-5,12-14H,6-11H2,1H3;1-10H;2*1H;/q2*-1;;;;+2/p-2. The zero-order valence-corrected chi connectivity index (χ0v) is 36.8. The predicted octanol–water partition coefficient (Wildman–Crippen LogP) is 6.60. The first kappa shape index (κ1) is 41.8. The van der Waals surface area contributed by atoms with Crippen LogP contribution in [0.2, 0.25) is 0 Å². The summed E-state index contributed by atoms with van der Waals surface area (Å²) in [5.41, 5.74) is 12.3. The Morgan fingerprint density at radius 2 is 1.21 bits per heavy atom. The normalized spacial score (nSPS) is 25.5. The molecular formula is C50H56Cl2Zr-2. The van der Waals surface area contributed by atoms with E-state index in [9.17, 15) is 0 Å². The first-order valence-corrected chi connectivity index (χ1v) is 20.6. The fraction of sp³-hybridized carbons (Fsp3) is 0.420. The molecule has 0 heterocycles. The molecule has 10 rings (SSSR count). The third-order valence-corrected chi connectivity index (χ3v) is 14.1. The van der Waals surface area contributed by atoms with Crippen molar-refractivity contribution in [3.63, 3.8) is 0 Å². The van der Waals surface area contributed by atoms with Gasteiger partial charge in [-0.25, -0.2) is 12.2 Å². The first-order chi connectivity index (χ1) is 24.2. The number of allylic oxidation sites excluding steroid dienone is 4. The molecule has 1 unspecified atom stereocenters. The molecule has 4 fully saturated rings. The minimum atomic E-state index is 0. The second-order valence-corrected chi connectivity index (χ2v) is 19.8. The van der Waals surface area contributed by atoms with Crippen LogP contribution in [0.5, 0.6) is 0 Å². The van der Waals surface area contributed by atoms with Crippen molar-refractivity contribution in [2.45, 2.75) is 104 Å². The average molecular weight is 819 g/mol. The van der Waals surface area contributed by atoms with Gasteiger partial charge in [0.25, 0.3) is 0 Å². The van der Waals surface area contributed by atoms with Crippen LogP contribution in [0.4, 0.5) is 0 Å². The summed E-state index contributed by atoms with van der Waals surface area (Å²) >= 11 is 1.46. The van der Waals surface area contributed by atoms with Crippen LogP contribution in [0.3, 0.4) is 0 Å². The summed E-state index contributed by atoms with van der Waals surface area (Å²) in [4.78, 5) is 0. The van der Waals surface area contributed by atoms with Crippen molar-refractivity contribution in [3.8, 4) is 11.1 Å². The molecule has 4 aromatic rings. The number of rotatable bonds is 3. The third kappa shape index (κ3) is 8.90. The van der Waals surface area contributed by atoms with Crippen molar-refractivity contribution < 1.29 is 49.0 Å². The Bertz CT molecular complexity index is 1790. The molecule has 4 bridgehead atoms. The Balaban J connectivity index is 0.000000154.